The average Bonchev–Trinajstić information content (AvgIpc) is 3.16. The zero-order valence-corrected chi connectivity index (χ0v) is 14.6. The molecule has 1 aromatic carbocycles. The molecule has 2 aromatic rings. The second-order valence-electron chi connectivity index (χ2n) is 6.61. The molecule has 0 atom stereocenters. The van der Waals surface area contributed by atoms with Crippen LogP contribution in [-0.2, 0) is 17.6 Å². The lowest BCUT2D eigenvalue weighted by Crippen LogP contribution is -2.51. The first-order valence-corrected chi connectivity index (χ1v) is 8.93. The Hall–Kier alpha value is -2.89. The highest BCUT2D eigenvalue weighted by atomic mass is 16.5. The van der Waals surface area contributed by atoms with Crippen LogP contribution in [0.4, 0.5) is 0 Å². The standard InChI is InChI=1S/C20H21N3O3/c24-19(14-15-4-5-18-16(13-15)6-12-26-18)22-8-10-23(11-9-22)20(25)17-3-1-2-7-21-17/h1-5,7,13H,6,8-12,14H2. The summed E-state index contributed by atoms with van der Waals surface area (Å²) < 4.78 is 5.51. The van der Waals surface area contributed by atoms with Gasteiger partial charge >= 0.3 is 0 Å². The van der Waals surface area contributed by atoms with Crippen molar-refractivity contribution in [3.8, 4) is 5.75 Å². The fourth-order valence-corrected chi connectivity index (χ4v) is 3.45. The Kier molecular flexibility index (Phi) is 4.56. The molecule has 2 amide bonds. The molecular weight excluding hydrogens is 330 g/mol. The van der Waals surface area contributed by atoms with Gasteiger partial charge in [-0.2, -0.15) is 0 Å². The van der Waals surface area contributed by atoms with Crippen LogP contribution >= 0.6 is 0 Å². The molecule has 6 heteroatoms. The van der Waals surface area contributed by atoms with Gasteiger partial charge in [-0.15, -0.1) is 0 Å². The number of ether oxygens (including phenoxy) is 1. The molecule has 134 valence electrons. The second-order valence-corrected chi connectivity index (χ2v) is 6.61. The number of pyridine rings is 1. The van der Waals surface area contributed by atoms with E-state index in [1.54, 1.807) is 23.2 Å². The SMILES string of the molecule is O=C(Cc1ccc2c(c1)CCO2)N1CCN(C(=O)c2ccccn2)CC1. The predicted octanol–water partition coefficient (Wildman–Crippen LogP) is 1.54. The van der Waals surface area contributed by atoms with E-state index >= 15 is 0 Å². The lowest BCUT2D eigenvalue weighted by atomic mass is 10.1. The van der Waals surface area contributed by atoms with Crippen molar-refractivity contribution in [2.75, 3.05) is 32.8 Å². The smallest absolute Gasteiger partial charge is 0.272 e. The van der Waals surface area contributed by atoms with Gasteiger partial charge in [-0.25, -0.2) is 0 Å². The highest BCUT2D eigenvalue weighted by molar-refractivity contribution is 5.92. The summed E-state index contributed by atoms with van der Waals surface area (Å²) in [7, 11) is 0. The maximum atomic E-state index is 12.6. The van der Waals surface area contributed by atoms with Gasteiger partial charge in [0.15, 0.2) is 0 Å². The van der Waals surface area contributed by atoms with Gasteiger partial charge in [-0.1, -0.05) is 18.2 Å². The van der Waals surface area contributed by atoms with Gasteiger partial charge in [0.1, 0.15) is 11.4 Å². The van der Waals surface area contributed by atoms with E-state index in [2.05, 4.69) is 11.1 Å². The van der Waals surface area contributed by atoms with Crippen molar-refractivity contribution in [1.82, 2.24) is 14.8 Å². The number of carbonyl (C=O) groups excluding carboxylic acids is 2. The lowest BCUT2D eigenvalue weighted by Gasteiger charge is -2.34. The molecule has 0 bridgehead atoms. The maximum Gasteiger partial charge on any atom is 0.272 e. The van der Waals surface area contributed by atoms with Crippen LogP contribution in [0.15, 0.2) is 42.6 Å². The van der Waals surface area contributed by atoms with Gasteiger partial charge < -0.3 is 14.5 Å². The summed E-state index contributed by atoms with van der Waals surface area (Å²) in [5.41, 5.74) is 2.65. The number of hydrogen-bond acceptors (Lipinski definition) is 4. The molecular formula is C20H21N3O3. The minimum Gasteiger partial charge on any atom is -0.493 e. The monoisotopic (exact) mass is 351 g/mol. The van der Waals surface area contributed by atoms with Crippen LogP contribution in [-0.4, -0.2) is 59.4 Å². The first-order chi connectivity index (χ1) is 12.7. The molecule has 0 radical (unpaired) electrons. The Bertz CT molecular complexity index is 814. The third kappa shape index (κ3) is 3.40. The Labute approximate surface area is 152 Å². The molecule has 1 fully saturated rings. The number of benzene rings is 1. The van der Waals surface area contributed by atoms with E-state index in [1.165, 1.54) is 5.56 Å². The Morgan fingerprint density at radius 1 is 1.04 bits per heavy atom. The summed E-state index contributed by atoms with van der Waals surface area (Å²) in [4.78, 5) is 32.7. The van der Waals surface area contributed by atoms with Gasteiger partial charge in [0.05, 0.1) is 13.0 Å². The third-order valence-electron chi connectivity index (χ3n) is 4.91. The first kappa shape index (κ1) is 16.6. The summed E-state index contributed by atoms with van der Waals surface area (Å²) in [6.07, 6.45) is 2.92. The van der Waals surface area contributed by atoms with Crippen molar-refractivity contribution in [3.05, 3.63) is 59.4 Å². The van der Waals surface area contributed by atoms with E-state index in [-0.39, 0.29) is 11.8 Å². The molecule has 0 spiro atoms. The maximum absolute atomic E-state index is 12.6. The molecule has 6 nitrogen and oxygen atoms in total. The number of amides is 2. The Balaban J connectivity index is 1.33. The summed E-state index contributed by atoms with van der Waals surface area (Å²) >= 11 is 0. The number of nitrogens with zero attached hydrogens (tertiary/aromatic N) is 3. The van der Waals surface area contributed by atoms with E-state index < -0.39 is 0 Å². The normalized spacial score (nSPS) is 16.2. The van der Waals surface area contributed by atoms with Crippen LogP contribution < -0.4 is 4.74 Å². The third-order valence-corrected chi connectivity index (χ3v) is 4.91. The van der Waals surface area contributed by atoms with Crippen molar-refractivity contribution < 1.29 is 14.3 Å². The van der Waals surface area contributed by atoms with Crippen molar-refractivity contribution in [3.63, 3.8) is 0 Å². The number of hydrogen-bond donors (Lipinski definition) is 0. The second kappa shape index (κ2) is 7.15. The zero-order valence-electron chi connectivity index (χ0n) is 14.6. The molecule has 3 heterocycles. The fraction of sp³-hybridized carbons (Fsp3) is 0.350. The van der Waals surface area contributed by atoms with Crippen LogP contribution in [0.1, 0.15) is 21.6 Å². The van der Waals surface area contributed by atoms with Crippen LogP contribution in [0.5, 0.6) is 5.75 Å². The van der Waals surface area contributed by atoms with E-state index in [1.807, 2.05) is 23.1 Å². The van der Waals surface area contributed by atoms with Crippen molar-refractivity contribution in [2.45, 2.75) is 12.8 Å². The molecule has 0 saturated carbocycles. The zero-order chi connectivity index (χ0) is 17.9. The van der Waals surface area contributed by atoms with Gasteiger partial charge in [-0.3, -0.25) is 14.6 Å². The molecule has 0 N–H and O–H groups in total. The van der Waals surface area contributed by atoms with E-state index in [9.17, 15) is 9.59 Å². The molecule has 2 aliphatic rings. The topological polar surface area (TPSA) is 62.7 Å². The summed E-state index contributed by atoms with van der Waals surface area (Å²) in [6.45, 7) is 2.92. The molecule has 0 unspecified atom stereocenters. The van der Waals surface area contributed by atoms with Crippen LogP contribution in [0.2, 0.25) is 0 Å². The molecule has 26 heavy (non-hydrogen) atoms. The van der Waals surface area contributed by atoms with E-state index in [0.29, 0.717) is 38.3 Å². The number of fused-ring (bicyclic) bond motifs is 1. The number of carbonyl (C=O) groups is 2. The fourth-order valence-electron chi connectivity index (χ4n) is 3.45. The minimum atomic E-state index is -0.0729. The lowest BCUT2D eigenvalue weighted by molar-refractivity contribution is -0.131. The van der Waals surface area contributed by atoms with Crippen molar-refractivity contribution in [1.29, 1.82) is 0 Å². The van der Waals surface area contributed by atoms with Gasteiger partial charge in [0.2, 0.25) is 5.91 Å². The average molecular weight is 351 g/mol. The largest absolute Gasteiger partial charge is 0.493 e. The minimum absolute atomic E-state index is 0.0729. The van der Waals surface area contributed by atoms with E-state index in [4.69, 9.17) is 4.74 Å². The highest BCUT2D eigenvalue weighted by Gasteiger charge is 2.25. The Morgan fingerprint density at radius 2 is 1.85 bits per heavy atom. The van der Waals surface area contributed by atoms with Crippen LogP contribution in [0, 0.1) is 0 Å². The summed E-state index contributed by atoms with van der Waals surface area (Å²) in [6, 6.07) is 11.3. The van der Waals surface area contributed by atoms with Gasteiger partial charge in [0, 0.05) is 38.8 Å². The molecule has 4 rings (SSSR count). The van der Waals surface area contributed by atoms with Crippen molar-refractivity contribution in [2.24, 2.45) is 0 Å². The highest BCUT2D eigenvalue weighted by Crippen LogP contribution is 2.26. The number of piperazine rings is 1. The molecule has 1 aromatic heterocycles. The van der Waals surface area contributed by atoms with E-state index in [0.717, 1.165) is 24.3 Å². The van der Waals surface area contributed by atoms with Gasteiger partial charge in [0.25, 0.3) is 5.91 Å². The number of rotatable bonds is 3. The molecule has 0 aliphatic carbocycles. The Morgan fingerprint density at radius 3 is 2.62 bits per heavy atom. The first-order valence-electron chi connectivity index (χ1n) is 8.93. The predicted molar refractivity (Wildman–Crippen MR) is 96.1 cm³/mol. The molecule has 1 saturated heterocycles. The summed E-state index contributed by atoms with van der Waals surface area (Å²) in [5, 5.41) is 0. The van der Waals surface area contributed by atoms with Crippen LogP contribution in [0.25, 0.3) is 0 Å². The summed E-state index contributed by atoms with van der Waals surface area (Å²) in [5.74, 6) is 0.966. The van der Waals surface area contributed by atoms with Crippen LogP contribution in [0.3, 0.4) is 0 Å². The number of aromatic nitrogens is 1. The molecule has 2 aliphatic heterocycles. The quantitative estimate of drug-likeness (QED) is 0.842. The van der Waals surface area contributed by atoms with Gasteiger partial charge in [-0.05, 0) is 29.3 Å². The van der Waals surface area contributed by atoms with Crippen molar-refractivity contribution >= 4 is 11.8 Å².